The molecule has 2 heterocycles. The number of anilines is 1. The van der Waals surface area contributed by atoms with Crippen LogP contribution < -0.4 is 4.72 Å². The van der Waals surface area contributed by atoms with Crippen molar-refractivity contribution in [1.29, 1.82) is 0 Å². The van der Waals surface area contributed by atoms with Gasteiger partial charge in [-0.05, 0) is 18.2 Å². The maximum atomic E-state index is 11.9. The van der Waals surface area contributed by atoms with Gasteiger partial charge in [0.15, 0.2) is 0 Å². The van der Waals surface area contributed by atoms with E-state index in [1.807, 2.05) is 0 Å². The van der Waals surface area contributed by atoms with Crippen LogP contribution in [-0.2, 0) is 10.0 Å². The molecule has 0 aliphatic heterocycles. The molecule has 18 heavy (non-hydrogen) atoms. The highest BCUT2D eigenvalue weighted by atomic mass is 32.2. The molecular formula is C10H8N2O4S2. The number of rotatable bonds is 4. The summed E-state index contributed by atoms with van der Waals surface area (Å²) in [7, 11) is -3.77. The van der Waals surface area contributed by atoms with Gasteiger partial charge in [-0.3, -0.25) is 9.71 Å². The fourth-order valence-electron chi connectivity index (χ4n) is 1.21. The number of carboxylic acids is 1. The number of pyridine rings is 1. The molecule has 0 radical (unpaired) electrons. The molecule has 0 aliphatic carbocycles. The monoisotopic (exact) mass is 284 g/mol. The van der Waals surface area contributed by atoms with Crippen molar-refractivity contribution < 1.29 is 18.3 Å². The predicted molar refractivity (Wildman–Crippen MR) is 66.3 cm³/mol. The molecule has 0 fully saturated rings. The van der Waals surface area contributed by atoms with Crippen molar-refractivity contribution >= 4 is 33.0 Å². The summed E-state index contributed by atoms with van der Waals surface area (Å²) in [6, 6.07) is 4.26. The Morgan fingerprint density at radius 3 is 2.78 bits per heavy atom. The summed E-state index contributed by atoms with van der Waals surface area (Å²) in [5.41, 5.74) is 0.320. The lowest BCUT2D eigenvalue weighted by Gasteiger charge is -2.04. The quantitative estimate of drug-likeness (QED) is 0.889. The fourth-order valence-corrected chi connectivity index (χ4v) is 3.36. The number of thiophene rings is 1. The van der Waals surface area contributed by atoms with E-state index in [4.69, 9.17) is 5.11 Å². The van der Waals surface area contributed by atoms with Crippen LogP contribution >= 0.6 is 11.3 Å². The Balaban J connectivity index is 2.28. The second-order valence-electron chi connectivity index (χ2n) is 3.30. The Hall–Kier alpha value is -1.93. The van der Waals surface area contributed by atoms with Crippen LogP contribution in [0.4, 0.5) is 5.69 Å². The van der Waals surface area contributed by atoms with Gasteiger partial charge in [-0.2, -0.15) is 0 Å². The largest absolute Gasteiger partial charge is 0.477 e. The smallest absolute Gasteiger partial charge is 0.345 e. The van der Waals surface area contributed by atoms with Crippen LogP contribution in [0, 0.1) is 0 Å². The Labute approximate surface area is 107 Å². The maximum Gasteiger partial charge on any atom is 0.345 e. The molecule has 0 spiro atoms. The van der Waals surface area contributed by atoms with Gasteiger partial charge >= 0.3 is 5.97 Å². The zero-order chi connectivity index (χ0) is 13.2. The van der Waals surface area contributed by atoms with Crippen LogP contribution in [0.2, 0.25) is 0 Å². The minimum Gasteiger partial charge on any atom is -0.477 e. The van der Waals surface area contributed by atoms with Crippen molar-refractivity contribution in [2.45, 2.75) is 4.90 Å². The molecule has 0 saturated carbocycles. The lowest BCUT2D eigenvalue weighted by atomic mass is 10.4. The molecule has 2 N–H and O–H groups in total. The Morgan fingerprint density at radius 2 is 2.22 bits per heavy atom. The predicted octanol–water partition coefficient (Wildman–Crippen LogP) is 1.64. The lowest BCUT2D eigenvalue weighted by Crippen LogP contribution is -2.12. The van der Waals surface area contributed by atoms with Gasteiger partial charge in [0.05, 0.1) is 16.8 Å². The third kappa shape index (κ3) is 2.66. The Kier molecular flexibility index (Phi) is 3.30. The van der Waals surface area contributed by atoms with E-state index in [1.54, 1.807) is 12.1 Å². The van der Waals surface area contributed by atoms with Crippen molar-refractivity contribution in [2.24, 2.45) is 0 Å². The van der Waals surface area contributed by atoms with Crippen molar-refractivity contribution in [3.63, 3.8) is 0 Å². The first-order chi connectivity index (χ1) is 8.49. The maximum absolute atomic E-state index is 11.9. The SMILES string of the molecule is O=C(O)c1cc(S(=O)(=O)Nc2cccnc2)cs1. The molecule has 0 bridgehead atoms. The molecule has 0 amide bonds. The molecule has 0 atom stereocenters. The van der Waals surface area contributed by atoms with Gasteiger partial charge in [0, 0.05) is 11.6 Å². The summed E-state index contributed by atoms with van der Waals surface area (Å²) in [6.07, 6.45) is 2.88. The Morgan fingerprint density at radius 1 is 1.44 bits per heavy atom. The topological polar surface area (TPSA) is 96.4 Å². The number of nitrogens with zero attached hydrogens (tertiary/aromatic N) is 1. The number of carboxylic acid groups (broad SMARTS) is 1. The van der Waals surface area contributed by atoms with Crippen molar-refractivity contribution in [2.75, 3.05) is 4.72 Å². The van der Waals surface area contributed by atoms with E-state index >= 15 is 0 Å². The highest BCUT2D eigenvalue weighted by Gasteiger charge is 2.18. The molecular weight excluding hydrogens is 276 g/mol. The van der Waals surface area contributed by atoms with E-state index in [1.165, 1.54) is 17.8 Å². The standard InChI is InChI=1S/C10H8N2O4S2/c13-10(14)9-4-8(6-17-9)18(15,16)12-7-2-1-3-11-5-7/h1-6,12H,(H,13,14). The summed E-state index contributed by atoms with van der Waals surface area (Å²) in [5.74, 6) is -1.15. The van der Waals surface area contributed by atoms with Gasteiger partial charge in [0.1, 0.15) is 4.88 Å². The number of carbonyl (C=O) groups is 1. The van der Waals surface area contributed by atoms with Crippen LogP contribution in [-0.4, -0.2) is 24.5 Å². The molecule has 0 unspecified atom stereocenters. The zero-order valence-corrected chi connectivity index (χ0v) is 10.5. The number of sulfonamides is 1. The molecule has 94 valence electrons. The number of aromatic carboxylic acids is 1. The molecule has 0 saturated heterocycles. The second-order valence-corrected chi connectivity index (χ2v) is 5.89. The highest BCUT2D eigenvalue weighted by Crippen LogP contribution is 2.21. The fraction of sp³-hybridized carbons (Fsp3) is 0. The average molecular weight is 284 g/mol. The van der Waals surface area contributed by atoms with Crippen LogP contribution in [0.15, 0.2) is 40.9 Å². The summed E-state index contributed by atoms with van der Waals surface area (Å²) in [6.45, 7) is 0. The van der Waals surface area contributed by atoms with Crippen LogP contribution in [0.5, 0.6) is 0 Å². The summed E-state index contributed by atoms with van der Waals surface area (Å²) < 4.78 is 26.1. The second kappa shape index (κ2) is 4.75. The van der Waals surface area contributed by atoms with Crippen LogP contribution in [0.3, 0.4) is 0 Å². The first-order valence-corrected chi connectivity index (χ1v) is 7.10. The molecule has 0 aromatic carbocycles. The van der Waals surface area contributed by atoms with Gasteiger partial charge < -0.3 is 5.11 Å². The molecule has 8 heteroatoms. The van der Waals surface area contributed by atoms with Gasteiger partial charge in [-0.1, -0.05) is 0 Å². The van der Waals surface area contributed by atoms with E-state index in [0.717, 1.165) is 17.4 Å². The minimum absolute atomic E-state index is 0.0263. The average Bonchev–Trinajstić information content (AvgIpc) is 2.79. The molecule has 2 rings (SSSR count). The number of hydrogen-bond acceptors (Lipinski definition) is 5. The van der Waals surface area contributed by atoms with Crippen molar-refractivity contribution in [3.8, 4) is 0 Å². The van der Waals surface area contributed by atoms with E-state index in [2.05, 4.69) is 9.71 Å². The normalized spacial score (nSPS) is 11.1. The summed E-state index contributed by atoms with van der Waals surface area (Å²) in [5, 5.41) is 10.0. The van der Waals surface area contributed by atoms with E-state index in [0.29, 0.717) is 5.69 Å². The van der Waals surface area contributed by atoms with Gasteiger partial charge in [0.2, 0.25) is 0 Å². The van der Waals surface area contributed by atoms with Gasteiger partial charge in [0.25, 0.3) is 10.0 Å². The van der Waals surface area contributed by atoms with Crippen molar-refractivity contribution in [1.82, 2.24) is 4.98 Å². The van der Waals surface area contributed by atoms with Gasteiger partial charge in [-0.25, -0.2) is 13.2 Å². The van der Waals surface area contributed by atoms with Crippen LogP contribution in [0.25, 0.3) is 0 Å². The van der Waals surface area contributed by atoms with E-state index in [9.17, 15) is 13.2 Å². The summed E-state index contributed by atoms with van der Waals surface area (Å²) >= 11 is 0.861. The zero-order valence-electron chi connectivity index (χ0n) is 8.90. The first-order valence-electron chi connectivity index (χ1n) is 4.74. The summed E-state index contributed by atoms with van der Waals surface area (Å²) in [4.78, 5) is 14.4. The number of nitrogens with one attached hydrogen (secondary N) is 1. The highest BCUT2D eigenvalue weighted by molar-refractivity contribution is 7.92. The third-order valence-electron chi connectivity index (χ3n) is 2.01. The molecule has 2 aromatic heterocycles. The Bertz CT molecular complexity index is 664. The van der Waals surface area contributed by atoms with Gasteiger partial charge in [-0.15, -0.1) is 11.3 Å². The van der Waals surface area contributed by atoms with Crippen LogP contribution in [0.1, 0.15) is 9.67 Å². The van der Waals surface area contributed by atoms with Crippen molar-refractivity contribution in [3.05, 3.63) is 40.8 Å². The molecule has 6 nitrogen and oxygen atoms in total. The minimum atomic E-state index is -3.77. The number of hydrogen-bond donors (Lipinski definition) is 2. The molecule has 0 aliphatic rings. The van der Waals surface area contributed by atoms with E-state index in [-0.39, 0.29) is 9.77 Å². The first kappa shape index (κ1) is 12.5. The lowest BCUT2D eigenvalue weighted by molar-refractivity contribution is 0.0702. The third-order valence-corrected chi connectivity index (χ3v) is 4.44. The number of aromatic nitrogens is 1. The molecule has 2 aromatic rings. The van der Waals surface area contributed by atoms with E-state index < -0.39 is 16.0 Å².